The summed E-state index contributed by atoms with van der Waals surface area (Å²) in [5.74, 6) is 0.792. The molecule has 3 heterocycles. The van der Waals surface area contributed by atoms with E-state index in [0.29, 0.717) is 0 Å². The molecule has 1 aromatic carbocycles. The van der Waals surface area contributed by atoms with E-state index in [1.165, 1.54) is 5.56 Å². The highest BCUT2D eigenvalue weighted by Crippen LogP contribution is 2.35. The van der Waals surface area contributed by atoms with E-state index < -0.39 is 0 Å². The molecule has 29 heavy (non-hydrogen) atoms. The van der Waals surface area contributed by atoms with Crippen LogP contribution < -0.4 is 5.48 Å². The van der Waals surface area contributed by atoms with Gasteiger partial charge in [-0.2, -0.15) is 0 Å². The lowest BCUT2D eigenvalue weighted by Gasteiger charge is -2.09. The Balaban J connectivity index is 1.62. The molecule has 2 N–H and O–H groups in total. The van der Waals surface area contributed by atoms with Gasteiger partial charge in [-0.25, -0.2) is 4.98 Å². The number of nitrogens with zero attached hydrogens (tertiary/aromatic N) is 3. The van der Waals surface area contributed by atoms with Crippen molar-refractivity contribution in [1.29, 1.82) is 0 Å². The van der Waals surface area contributed by atoms with Crippen molar-refractivity contribution in [3.05, 3.63) is 84.5 Å². The van der Waals surface area contributed by atoms with E-state index >= 15 is 0 Å². The van der Waals surface area contributed by atoms with E-state index in [4.69, 9.17) is 9.82 Å². The van der Waals surface area contributed by atoms with Crippen LogP contribution in [0.1, 0.15) is 11.1 Å². The molecule has 0 unspecified atom stereocenters. The number of hydrogen-bond acceptors (Lipinski definition) is 5. The third-order valence-corrected chi connectivity index (χ3v) is 5.01. The number of aromatic nitrogens is 4. The van der Waals surface area contributed by atoms with E-state index in [2.05, 4.69) is 44.7 Å². The predicted octanol–water partition coefficient (Wildman–Crippen LogP) is 4.25. The highest BCUT2D eigenvalue weighted by atomic mass is 16.6. The van der Waals surface area contributed by atoms with E-state index in [1.807, 2.05) is 30.5 Å². The molecule has 5 rings (SSSR count). The molecule has 0 aliphatic heterocycles. The molecule has 0 radical (unpaired) electrons. The Bertz CT molecular complexity index is 1180. The first-order valence-electron chi connectivity index (χ1n) is 9.37. The van der Waals surface area contributed by atoms with Crippen molar-refractivity contribution in [3.8, 4) is 33.9 Å². The van der Waals surface area contributed by atoms with Gasteiger partial charge in [0.1, 0.15) is 5.82 Å². The zero-order valence-electron chi connectivity index (χ0n) is 15.9. The van der Waals surface area contributed by atoms with Crippen LogP contribution >= 0.6 is 0 Å². The van der Waals surface area contributed by atoms with Crippen molar-refractivity contribution < 1.29 is 4.84 Å². The summed E-state index contributed by atoms with van der Waals surface area (Å²) in [6, 6.07) is 14.3. The van der Waals surface area contributed by atoms with Crippen molar-refractivity contribution in [1.82, 2.24) is 25.4 Å². The Morgan fingerprint density at radius 2 is 1.86 bits per heavy atom. The van der Waals surface area contributed by atoms with Crippen LogP contribution in [-0.4, -0.2) is 27.0 Å². The van der Waals surface area contributed by atoms with Crippen LogP contribution in [0.3, 0.4) is 0 Å². The van der Waals surface area contributed by atoms with Gasteiger partial charge in [-0.05, 0) is 42.3 Å². The van der Waals surface area contributed by atoms with Crippen molar-refractivity contribution >= 4 is 5.70 Å². The van der Waals surface area contributed by atoms with E-state index in [1.54, 1.807) is 25.7 Å². The molecule has 1 aliphatic rings. The molecular weight excluding hydrogens is 362 g/mol. The zero-order valence-corrected chi connectivity index (χ0v) is 15.9. The SMILES string of the molecule is CONC1=CCc2cc(-c3nc(-c4cccnc4)[nH]c3-c3ccncc3)ccc21. The summed E-state index contributed by atoms with van der Waals surface area (Å²) in [5.41, 5.74) is 11.3. The second-order valence-corrected chi connectivity index (χ2v) is 6.79. The highest BCUT2D eigenvalue weighted by Gasteiger charge is 2.19. The van der Waals surface area contributed by atoms with Gasteiger partial charge >= 0.3 is 0 Å². The van der Waals surface area contributed by atoms with Crippen LogP contribution in [0.15, 0.2) is 73.3 Å². The van der Waals surface area contributed by atoms with Crippen LogP contribution in [-0.2, 0) is 11.3 Å². The Morgan fingerprint density at radius 3 is 2.66 bits per heavy atom. The molecule has 3 aromatic heterocycles. The number of hydroxylamine groups is 1. The molecular formula is C23H19N5O. The number of nitrogens with one attached hydrogen (secondary N) is 2. The predicted molar refractivity (Wildman–Crippen MR) is 112 cm³/mol. The minimum atomic E-state index is 0.792. The summed E-state index contributed by atoms with van der Waals surface area (Å²) < 4.78 is 0. The molecule has 0 fully saturated rings. The first-order valence-corrected chi connectivity index (χ1v) is 9.37. The van der Waals surface area contributed by atoms with Crippen molar-refractivity contribution in [2.24, 2.45) is 0 Å². The number of H-pyrrole nitrogens is 1. The Kier molecular flexibility index (Phi) is 4.38. The summed E-state index contributed by atoms with van der Waals surface area (Å²) >= 11 is 0. The van der Waals surface area contributed by atoms with Crippen molar-refractivity contribution in [2.75, 3.05) is 7.11 Å². The molecule has 6 heteroatoms. The molecule has 4 aromatic rings. The van der Waals surface area contributed by atoms with Crippen LogP contribution in [0, 0.1) is 0 Å². The fourth-order valence-electron chi connectivity index (χ4n) is 3.65. The Hall–Kier alpha value is -3.77. The van der Waals surface area contributed by atoms with Gasteiger partial charge in [0.15, 0.2) is 0 Å². The molecule has 0 saturated carbocycles. The van der Waals surface area contributed by atoms with E-state index in [0.717, 1.165) is 51.6 Å². The van der Waals surface area contributed by atoms with Gasteiger partial charge in [0, 0.05) is 47.0 Å². The lowest BCUT2D eigenvalue weighted by atomic mass is 10.0. The minimum Gasteiger partial charge on any atom is -0.337 e. The summed E-state index contributed by atoms with van der Waals surface area (Å²) in [7, 11) is 1.62. The maximum atomic E-state index is 5.08. The normalized spacial score (nSPS) is 12.5. The number of rotatable bonds is 5. The second-order valence-electron chi connectivity index (χ2n) is 6.79. The Morgan fingerprint density at radius 1 is 0.966 bits per heavy atom. The molecule has 6 nitrogen and oxygen atoms in total. The fourth-order valence-corrected chi connectivity index (χ4v) is 3.65. The van der Waals surface area contributed by atoms with E-state index in [9.17, 15) is 0 Å². The zero-order chi connectivity index (χ0) is 19.6. The third-order valence-electron chi connectivity index (χ3n) is 5.01. The summed E-state index contributed by atoms with van der Waals surface area (Å²) in [4.78, 5) is 21.9. The average molecular weight is 381 g/mol. The fraction of sp³-hybridized carbons (Fsp3) is 0.0870. The average Bonchev–Trinajstić information content (AvgIpc) is 3.40. The number of aromatic amines is 1. The second kappa shape index (κ2) is 7.33. The molecule has 0 atom stereocenters. The van der Waals surface area contributed by atoms with Gasteiger partial charge in [-0.15, -0.1) is 0 Å². The van der Waals surface area contributed by atoms with Gasteiger partial charge in [-0.1, -0.05) is 18.2 Å². The largest absolute Gasteiger partial charge is 0.337 e. The molecule has 0 bridgehead atoms. The van der Waals surface area contributed by atoms with Crippen LogP contribution in [0.2, 0.25) is 0 Å². The third kappa shape index (κ3) is 3.19. The number of pyridine rings is 2. The molecule has 0 amide bonds. The van der Waals surface area contributed by atoms with Gasteiger partial charge in [0.05, 0.1) is 24.2 Å². The number of benzene rings is 1. The quantitative estimate of drug-likeness (QED) is 0.506. The number of hydrogen-bond donors (Lipinski definition) is 2. The maximum absolute atomic E-state index is 5.08. The monoisotopic (exact) mass is 381 g/mol. The summed E-state index contributed by atoms with van der Waals surface area (Å²) in [5, 5.41) is 0. The topological polar surface area (TPSA) is 75.7 Å². The van der Waals surface area contributed by atoms with Gasteiger partial charge in [-0.3, -0.25) is 20.3 Å². The number of imidazole rings is 1. The van der Waals surface area contributed by atoms with Crippen LogP contribution in [0.5, 0.6) is 0 Å². The lowest BCUT2D eigenvalue weighted by molar-refractivity contribution is 0.137. The summed E-state index contributed by atoms with van der Waals surface area (Å²) in [6.07, 6.45) is 10.1. The molecule has 142 valence electrons. The van der Waals surface area contributed by atoms with Crippen LogP contribution in [0.4, 0.5) is 0 Å². The minimum absolute atomic E-state index is 0.792. The smallest absolute Gasteiger partial charge is 0.140 e. The summed E-state index contributed by atoms with van der Waals surface area (Å²) in [6.45, 7) is 0. The van der Waals surface area contributed by atoms with Crippen molar-refractivity contribution in [2.45, 2.75) is 6.42 Å². The Labute approximate surface area is 168 Å². The van der Waals surface area contributed by atoms with Crippen LogP contribution in [0.25, 0.3) is 39.6 Å². The van der Waals surface area contributed by atoms with Crippen molar-refractivity contribution in [3.63, 3.8) is 0 Å². The molecule has 0 spiro atoms. The van der Waals surface area contributed by atoms with Gasteiger partial charge < -0.3 is 4.98 Å². The molecule has 1 aliphatic carbocycles. The maximum Gasteiger partial charge on any atom is 0.140 e. The number of allylic oxidation sites excluding steroid dienone is 1. The number of fused-ring (bicyclic) bond motifs is 1. The van der Waals surface area contributed by atoms with Gasteiger partial charge in [0.2, 0.25) is 0 Å². The van der Waals surface area contributed by atoms with E-state index in [-0.39, 0.29) is 0 Å². The standard InChI is InChI=1S/C23H19N5O/c1-29-28-20-7-5-16-13-17(4-6-19(16)20)22-21(15-8-11-24-12-9-15)26-23(27-22)18-3-2-10-25-14-18/h2-4,6-14,28H,5H2,1H3,(H,26,27). The first-order chi connectivity index (χ1) is 14.3. The first kappa shape index (κ1) is 17.3. The lowest BCUT2D eigenvalue weighted by Crippen LogP contribution is -2.08. The van der Waals surface area contributed by atoms with Gasteiger partial charge in [0.25, 0.3) is 0 Å². The molecule has 0 saturated heterocycles. The highest BCUT2D eigenvalue weighted by molar-refractivity contribution is 5.83.